The van der Waals surface area contributed by atoms with Crippen LogP contribution in [0.1, 0.15) is 31.5 Å². The Morgan fingerprint density at radius 3 is 2.57 bits per heavy atom. The fourth-order valence-corrected chi connectivity index (χ4v) is 3.10. The second kappa shape index (κ2) is 6.70. The molecule has 6 nitrogen and oxygen atoms in total. The van der Waals surface area contributed by atoms with Gasteiger partial charge in [-0.3, -0.25) is 4.79 Å². The zero-order chi connectivity index (χ0) is 16.2. The molecule has 118 valence electrons. The van der Waals surface area contributed by atoms with Gasteiger partial charge in [0.1, 0.15) is 17.5 Å². The molecular formula is C16H17N5OS. The summed E-state index contributed by atoms with van der Waals surface area (Å²) in [6.45, 7) is 4.95. The summed E-state index contributed by atoms with van der Waals surface area (Å²) in [5.41, 5.74) is 2.98. The Labute approximate surface area is 138 Å². The second-order valence-electron chi connectivity index (χ2n) is 5.24. The molecule has 0 aliphatic rings. The van der Waals surface area contributed by atoms with Crippen LogP contribution in [0.2, 0.25) is 0 Å². The number of amides is 1. The molecule has 1 amide bonds. The minimum Gasteiger partial charge on any atom is -0.347 e. The number of hydrogen-bond acceptors (Lipinski definition) is 5. The Bertz CT molecular complexity index is 793. The smallest absolute Gasteiger partial charge is 0.263 e. The molecule has 0 aliphatic heterocycles. The molecule has 3 rings (SSSR count). The van der Waals surface area contributed by atoms with Crippen molar-refractivity contribution in [1.29, 1.82) is 0 Å². The van der Waals surface area contributed by atoms with E-state index < -0.39 is 0 Å². The summed E-state index contributed by atoms with van der Waals surface area (Å²) in [6, 6.07) is 8.09. The van der Waals surface area contributed by atoms with Crippen LogP contribution in [-0.4, -0.2) is 25.7 Å². The van der Waals surface area contributed by atoms with Crippen molar-refractivity contribution in [2.75, 3.05) is 0 Å². The van der Waals surface area contributed by atoms with Gasteiger partial charge >= 0.3 is 0 Å². The van der Waals surface area contributed by atoms with Gasteiger partial charge < -0.3 is 5.32 Å². The minimum atomic E-state index is -0.0696. The van der Waals surface area contributed by atoms with E-state index in [0.29, 0.717) is 18.0 Å². The first-order valence-corrected chi connectivity index (χ1v) is 8.06. The summed E-state index contributed by atoms with van der Waals surface area (Å²) in [6.07, 6.45) is 3.21. The van der Waals surface area contributed by atoms with Crippen molar-refractivity contribution < 1.29 is 4.79 Å². The maximum absolute atomic E-state index is 12.2. The largest absolute Gasteiger partial charge is 0.347 e. The summed E-state index contributed by atoms with van der Waals surface area (Å²) in [5, 5.41) is 7.93. The number of rotatable bonds is 5. The Balaban J connectivity index is 1.58. The lowest BCUT2D eigenvalue weighted by molar-refractivity contribution is 0.0954. The number of nitrogens with one attached hydrogen (secondary N) is 1. The molecule has 0 fully saturated rings. The van der Waals surface area contributed by atoms with Crippen LogP contribution < -0.4 is 5.32 Å². The molecule has 0 aliphatic carbocycles. The Morgan fingerprint density at radius 1 is 1.22 bits per heavy atom. The molecule has 0 bridgehead atoms. The van der Waals surface area contributed by atoms with Gasteiger partial charge in [-0.1, -0.05) is 24.3 Å². The van der Waals surface area contributed by atoms with E-state index in [9.17, 15) is 4.79 Å². The van der Waals surface area contributed by atoms with Crippen LogP contribution in [0.25, 0.3) is 0 Å². The van der Waals surface area contributed by atoms with Crippen LogP contribution in [0, 0.1) is 13.8 Å². The molecule has 1 aromatic carbocycles. The van der Waals surface area contributed by atoms with Gasteiger partial charge in [-0.15, -0.1) is 11.3 Å². The van der Waals surface area contributed by atoms with Gasteiger partial charge in [0, 0.05) is 6.54 Å². The van der Waals surface area contributed by atoms with Crippen LogP contribution in [0.15, 0.2) is 36.9 Å². The average Bonchev–Trinajstić information content (AvgIpc) is 3.15. The molecule has 3 aromatic rings. The van der Waals surface area contributed by atoms with Crippen LogP contribution in [-0.2, 0) is 13.1 Å². The van der Waals surface area contributed by atoms with Crippen LogP contribution >= 0.6 is 11.3 Å². The number of aromatic nitrogens is 4. The molecule has 0 radical (unpaired) electrons. The van der Waals surface area contributed by atoms with Gasteiger partial charge in [0.05, 0.1) is 17.2 Å². The van der Waals surface area contributed by atoms with Gasteiger partial charge in [0.2, 0.25) is 0 Å². The van der Waals surface area contributed by atoms with Crippen molar-refractivity contribution in [1.82, 2.24) is 25.1 Å². The first kappa shape index (κ1) is 15.4. The Morgan fingerprint density at radius 2 is 1.96 bits per heavy atom. The predicted octanol–water partition coefficient (Wildman–Crippen LogP) is 2.33. The van der Waals surface area contributed by atoms with E-state index in [4.69, 9.17) is 0 Å². The summed E-state index contributed by atoms with van der Waals surface area (Å²) >= 11 is 1.42. The zero-order valence-corrected chi connectivity index (χ0v) is 13.8. The Kier molecular flexibility index (Phi) is 4.47. The number of thiazole rings is 1. The highest BCUT2D eigenvalue weighted by atomic mass is 32.1. The van der Waals surface area contributed by atoms with Crippen molar-refractivity contribution in [3.63, 3.8) is 0 Å². The summed E-state index contributed by atoms with van der Waals surface area (Å²) in [7, 11) is 0. The molecule has 2 aromatic heterocycles. The lowest BCUT2D eigenvalue weighted by atomic mass is 10.1. The molecule has 0 spiro atoms. The van der Waals surface area contributed by atoms with Crippen molar-refractivity contribution >= 4 is 17.2 Å². The lowest BCUT2D eigenvalue weighted by Crippen LogP contribution is -2.22. The highest BCUT2D eigenvalue weighted by Crippen LogP contribution is 2.17. The number of carbonyl (C=O) groups is 1. The van der Waals surface area contributed by atoms with E-state index in [1.165, 1.54) is 17.7 Å². The number of nitrogens with zero attached hydrogens (tertiary/aromatic N) is 4. The van der Waals surface area contributed by atoms with Crippen LogP contribution in [0.4, 0.5) is 0 Å². The fourth-order valence-electron chi connectivity index (χ4n) is 2.27. The predicted molar refractivity (Wildman–Crippen MR) is 88.3 cm³/mol. The molecule has 0 atom stereocenters. The SMILES string of the molecule is Cc1nc(C)c(C(=O)NCc2ccc(Cn3cncn3)cc2)s1. The van der Waals surface area contributed by atoms with Crippen molar-refractivity contribution in [2.45, 2.75) is 26.9 Å². The maximum atomic E-state index is 12.2. The van der Waals surface area contributed by atoms with E-state index in [1.807, 2.05) is 38.1 Å². The third kappa shape index (κ3) is 3.81. The quantitative estimate of drug-likeness (QED) is 0.780. The first-order chi connectivity index (χ1) is 11.1. The number of benzene rings is 1. The number of aryl methyl sites for hydroxylation is 2. The van der Waals surface area contributed by atoms with E-state index >= 15 is 0 Å². The second-order valence-corrected chi connectivity index (χ2v) is 6.44. The summed E-state index contributed by atoms with van der Waals surface area (Å²) < 4.78 is 1.77. The molecular weight excluding hydrogens is 310 g/mol. The normalized spacial score (nSPS) is 10.7. The molecule has 7 heteroatoms. The average molecular weight is 327 g/mol. The third-order valence-corrected chi connectivity index (χ3v) is 4.47. The van der Waals surface area contributed by atoms with Gasteiger partial charge in [0.15, 0.2) is 0 Å². The number of hydrogen-bond donors (Lipinski definition) is 1. The number of carbonyl (C=O) groups excluding carboxylic acids is 1. The Hall–Kier alpha value is -2.54. The molecule has 1 N–H and O–H groups in total. The maximum Gasteiger partial charge on any atom is 0.263 e. The van der Waals surface area contributed by atoms with Gasteiger partial charge in [-0.2, -0.15) is 5.10 Å². The molecule has 0 unspecified atom stereocenters. The highest BCUT2D eigenvalue weighted by molar-refractivity contribution is 7.13. The van der Waals surface area contributed by atoms with Crippen molar-refractivity contribution in [3.8, 4) is 0 Å². The van der Waals surface area contributed by atoms with Crippen LogP contribution in [0.3, 0.4) is 0 Å². The zero-order valence-electron chi connectivity index (χ0n) is 13.0. The lowest BCUT2D eigenvalue weighted by Gasteiger charge is -2.06. The van der Waals surface area contributed by atoms with E-state index in [-0.39, 0.29) is 5.91 Å². The van der Waals surface area contributed by atoms with Gasteiger partial charge in [-0.05, 0) is 25.0 Å². The minimum absolute atomic E-state index is 0.0696. The third-order valence-electron chi connectivity index (χ3n) is 3.40. The molecule has 0 saturated heterocycles. The standard InChI is InChI=1S/C16H17N5OS/c1-11-15(23-12(2)20-11)16(22)18-7-13-3-5-14(6-4-13)8-21-10-17-9-19-21/h3-6,9-10H,7-8H2,1-2H3,(H,18,22). The first-order valence-electron chi connectivity index (χ1n) is 7.24. The van der Waals surface area contributed by atoms with Gasteiger partial charge in [0.25, 0.3) is 5.91 Å². The van der Waals surface area contributed by atoms with Crippen LogP contribution in [0.5, 0.6) is 0 Å². The fraction of sp³-hybridized carbons (Fsp3) is 0.250. The summed E-state index contributed by atoms with van der Waals surface area (Å²) in [5.74, 6) is -0.0696. The molecule has 23 heavy (non-hydrogen) atoms. The van der Waals surface area contributed by atoms with Crippen molar-refractivity contribution in [3.05, 3.63) is 63.6 Å². The topological polar surface area (TPSA) is 72.7 Å². The monoisotopic (exact) mass is 327 g/mol. The van der Waals surface area contributed by atoms with E-state index in [2.05, 4.69) is 20.4 Å². The van der Waals surface area contributed by atoms with E-state index in [1.54, 1.807) is 11.0 Å². The highest BCUT2D eigenvalue weighted by Gasteiger charge is 2.13. The van der Waals surface area contributed by atoms with Crippen molar-refractivity contribution in [2.24, 2.45) is 0 Å². The molecule has 2 heterocycles. The van der Waals surface area contributed by atoms with E-state index in [0.717, 1.165) is 21.8 Å². The molecule has 0 saturated carbocycles. The summed E-state index contributed by atoms with van der Waals surface area (Å²) in [4.78, 5) is 21.1. The van der Waals surface area contributed by atoms with Gasteiger partial charge in [-0.25, -0.2) is 14.6 Å².